The minimum atomic E-state index is 0.722. The quantitative estimate of drug-likeness (QED) is 0.650. The molecule has 0 amide bonds. The lowest BCUT2D eigenvalue weighted by Gasteiger charge is -2.25. The van der Waals surface area contributed by atoms with E-state index in [4.69, 9.17) is 0 Å². The van der Waals surface area contributed by atoms with E-state index in [1.807, 2.05) is 0 Å². The highest BCUT2D eigenvalue weighted by Gasteiger charge is 2.28. The molecule has 0 aromatic heterocycles. The van der Waals surface area contributed by atoms with Crippen LogP contribution >= 0.6 is 0 Å². The second kappa shape index (κ2) is 7.29. The Morgan fingerprint density at radius 2 is 1.81 bits per heavy atom. The lowest BCUT2D eigenvalue weighted by atomic mass is 10.1. The summed E-state index contributed by atoms with van der Waals surface area (Å²) < 4.78 is 0. The highest BCUT2D eigenvalue weighted by Crippen LogP contribution is 2.27. The minimum Gasteiger partial charge on any atom is -0.313 e. The first kappa shape index (κ1) is 14.0. The molecule has 0 saturated heterocycles. The largest absolute Gasteiger partial charge is 0.313 e. The third kappa shape index (κ3) is 5.31. The van der Waals surface area contributed by atoms with E-state index in [9.17, 15) is 0 Å². The molecule has 16 heavy (non-hydrogen) atoms. The second-order valence-electron chi connectivity index (χ2n) is 5.59. The van der Waals surface area contributed by atoms with Gasteiger partial charge in [-0.15, -0.1) is 0 Å². The van der Waals surface area contributed by atoms with E-state index in [1.165, 1.54) is 38.8 Å². The van der Waals surface area contributed by atoms with Crippen molar-refractivity contribution in [1.82, 2.24) is 10.2 Å². The summed E-state index contributed by atoms with van der Waals surface area (Å²) >= 11 is 0. The van der Waals surface area contributed by atoms with Crippen molar-refractivity contribution in [2.75, 3.05) is 19.6 Å². The fourth-order valence-electron chi connectivity index (χ4n) is 2.32. The zero-order chi connectivity index (χ0) is 12.0. The maximum absolute atomic E-state index is 3.66. The van der Waals surface area contributed by atoms with E-state index >= 15 is 0 Å². The van der Waals surface area contributed by atoms with Crippen LogP contribution in [-0.2, 0) is 0 Å². The van der Waals surface area contributed by atoms with Gasteiger partial charge in [0.05, 0.1) is 0 Å². The van der Waals surface area contributed by atoms with Gasteiger partial charge in [0.25, 0.3) is 0 Å². The summed E-state index contributed by atoms with van der Waals surface area (Å²) in [5, 5.41) is 3.66. The topological polar surface area (TPSA) is 15.3 Å². The van der Waals surface area contributed by atoms with Crippen molar-refractivity contribution < 1.29 is 0 Å². The van der Waals surface area contributed by atoms with Crippen molar-refractivity contribution in [2.45, 2.75) is 65.5 Å². The summed E-state index contributed by atoms with van der Waals surface area (Å²) in [4.78, 5) is 2.68. The average molecular weight is 226 g/mol. The van der Waals surface area contributed by atoms with Gasteiger partial charge in [-0.1, -0.05) is 27.7 Å². The van der Waals surface area contributed by atoms with Gasteiger partial charge in [-0.3, -0.25) is 4.90 Å². The molecule has 2 heteroatoms. The molecule has 0 aliphatic heterocycles. The van der Waals surface area contributed by atoms with Crippen LogP contribution in [0.4, 0.5) is 0 Å². The molecule has 0 aromatic rings. The Morgan fingerprint density at radius 3 is 2.25 bits per heavy atom. The average Bonchev–Trinajstić information content (AvgIpc) is 3.06. The standard InChI is InChI=1S/C14H30N2/c1-5-13(6-2)15-9-10-16(11-12(3)4)14-7-8-14/h12-15H,5-11H2,1-4H3. The van der Waals surface area contributed by atoms with Gasteiger partial charge in [0, 0.05) is 31.7 Å². The van der Waals surface area contributed by atoms with Crippen molar-refractivity contribution in [3.05, 3.63) is 0 Å². The van der Waals surface area contributed by atoms with Gasteiger partial charge in [0.2, 0.25) is 0 Å². The highest BCUT2D eigenvalue weighted by molar-refractivity contribution is 4.85. The maximum atomic E-state index is 3.66. The van der Waals surface area contributed by atoms with Crippen LogP contribution in [0.25, 0.3) is 0 Å². The van der Waals surface area contributed by atoms with Crippen LogP contribution in [0.2, 0.25) is 0 Å². The normalized spacial score (nSPS) is 16.7. The summed E-state index contributed by atoms with van der Waals surface area (Å²) in [5.41, 5.74) is 0. The van der Waals surface area contributed by atoms with Crippen molar-refractivity contribution >= 4 is 0 Å². The van der Waals surface area contributed by atoms with Crippen LogP contribution < -0.4 is 5.32 Å². The van der Waals surface area contributed by atoms with Crippen LogP contribution in [0.1, 0.15) is 53.4 Å². The summed E-state index contributed by atoms with van der Waals surface area (Å²) in [6, 6.07) is 1.63. The van der Waals surface area contributed by atoms with Gasteiger partial charge in [0.1, 0.15) is 0 Å². The SMILES string of the molecule is CCC(CC)NCCN(CC(C)C)C1CC1. The maximum Gasteiger partial charge on any atom is 0.0110 e. The molecule has 0 heterocycles. The molecule has 1 N–H and O–H groups in total. The molecule has 96 valence electrons. The Hall–Kier alpha value is -0.0800. The Balaban J connectivity index is 2.16. The first-order valence-corrected chi connectivity index (χ1v) is 7.14. The lowest BCUT2D eigenvalue weighted by molar-refractivity contribution is 0.230. The van der Waals surface area contributed by atoms with Gasteiger partial charge in [-0.25, -0.2) is 0 Å². The van der Waals surface area contributed by atoms with E-state index in [0.717, 1.165) is 24.5 Å². The number of nitrogens with zero attached hydrogens (tertiary/aromatic N) is 1. The van der Waals surface area contributed by atoms with Crippen molar-refractivity contribution in [3.8, 4) is 0 Å². The van der Waals surface area contributed by atoms with Crippen LogP contribution in [0, 0.1) is 5.92 Å². The molecule has 0 bridgehead atoms. The number of hydrogen-bond donors (Lipinski definition) is 1. The molecule has 2 nitrogen and oxygen atoms in total. The third-order valence-corrected chi connectivity index (χ3v) is 3.48. The molecule has 1 aliphatic carbocycles. The number of rotatable bonds is 9. The molecule has 1 fully saturated rings. The van der Waals surface area contributed by atoms with Crippen LogP contribution in [0.3, 0.4) is 0 Å². The number of nitrogens with one attached hydrogen (secondary N) is 1. The predicted molar refractivity (Wildman–Crippen MR) is 71.8 cm³/mol. The molecule has 0 atom stereocenters. The van der Waals surface area contributed by atoms with Gasteiger partial charge < -0.3 is 5.32 Å². The molecule has 1 rings (SSSR count). The van der Waals surface area contributed by atoms with E-state index in [0.29, 0.717) is 0 Å². The summed E-state index contributed by atoms with van der Waals surface area (Å²) in [7, 11) is 0. The van der Waals surface area contributed by atoms with Crippen LogP contribution in [0.5, 0.6) is 0 Å². The summed E-state index contributed by atoms with van der Waals surface area (Å²) in [6.45, 7) is 12.9. The van der Waals surface area contributed by atoms with Gasteiger partial charge >= 0.3 is 0 Å². The van der Waals surface area contributed by atoms with E-state index in [1.54, 1.807) is 0 Å². The van der Waals surface area contributed by atoms with Crippen molar-refractivity contribution in [2.24, 2.45) is 5.92 Å². The smallest absolute Gasteiger partial charge is 0.0110 e. The summed E-state index contributed by atoms with van der Waals surface area (Å²) in [5.74, 6) is 0.800. The fourth-order valence-corrected chi connectivity index (χ4v) is 2.32. The molecule has 0 unspecified atom stereocenters. The third-order valence-electron chi connectivity index (χ3n) is 3.48. The van der Waals surface area contributed by atoms with E-state index < -0.39 is 0 Å². The monoisotopic (exact) mass is 226 g/mol. The fraction of sp³-hybridized carbons (Fsp3) is 1.00. The van der Waals surface area contributed by atoms with Crippen LogP contribution in [-0.4, -0.2) is 36.6 Å². The first-order valence-electron chi connectivity index (χ1n) is 7.14. The number of hydrogen-bond acceptors (Lipinski definition) is 2. The molecular weight excluding hydrogens is 196 g/mol. The van der Waals surface area contributed by atoms with Gasteiger partial charge in [-0.2, -0.15) is 0 Å². The Kier molecular flexibility index (Phi) is 6.37. The zero-order valence-electron chi connectivity index (χ0n) is 11.6. The van der Waals surface area contributed by atoms with Crippen LogP contribution in [0.15, 0.2) is 0 Å². The van der Waals surface area contributed by atoms with Crippen molar-refractivity contribution in [3.63, 3.8) is 0 Å². The van der Waals surface area contributed by atoms with E-state index in [-0.39, 0.29) is 0 Å². The predicted octanol–water partition coefficient (Wildman–Crippen LogP) is 2.89. The Bertz CT molecular complexity index is 172. The molecule has 1 aliphatic rings. The molecule has 1 saturated carbocycles. The highest BCUT2D eigenvalue weighted by atomic mass is 15.2. The zero-order valence-corrected chi connectivity index (χ0v) is 11.6. The van der Waals surface area contributed by atoms with Gasteiger partial charge in [-0.05, 0) is 31.6 Å². The molecule has 0 radical (unpaired) electrons. The van der Waals surface area contributed by atoms with E-state index in [2.05, 4.69) is 37.9 Å². The first-order chi connectivity index (χ1) is 7.67. The molecular formula is C14H30N2. The van der Waals surface area contributed by atoms with Gasteiger partial charge in [0.15, 0.2) is 0 Å². The Morgan fingerprint density at radius 1 is 1.19 bits per heavy atom. The van der Waals surface area contributed by atoms with Crippen molar-refractivity contribution in [1.29, 1.82) is 0 Å². The second-order valence-corrected chi connectivity index (χ2v) is 5.59. The molecule has 0 aromatic carbocycles. The minimum absolute atomic E-state index is 0.722. The summed E-state index contributed by atoms with van der Waals surface area (Å²) in [6.07, 6.45) is 5.36. The molecule has 0 spiro atoms. The lowest BCUT2D eigenvalue weighted by Crippen LogP contribution is -2.39. The Labute approximate surface area is 102 Å².